The van der Waals surface area contributed by atoms with Gasteiger partial charge in [-0.2, -0.15) is 0 Å². The van der Waals surface area contributed by atoms with Crippen LogP contribution in [0.4, 0.5) is 5.82 Å². The summed E-state index contributed by atoms with van der Waals surface area (Å²) in [6.45, 7) is 6.36. The maximum absolute atomic E-state index is 12.1. The topological polar surface area (TPSA) is 76.1 Å². The summed E-state index contributed by atoms with van der Waals surface area (Å²) in [5, 5.41) is 6.05. The first kappa shape index (κ1) is 14.7. The lowest BCUT2D eigenvalue weighted by Gasteiger charge is -2.28. The van der Waals surface area contributed by atoms with Crippen molar-refractivity contribution in [3.63, 3.8) is 0 Å². The van der Waals surface area contributed by atoms with Crippen molar-refractivity contribution in [1.82, 2.24) is 15.3 Å². The second kappa shape index (κ2) is 7.19. The van der Waals surface area contributed by atoms with Crippen molar-refractivity contribution < 1.29 is 9.53 Å². The van der Waals surface area contributed by atoms with Crippen LogP contribution in [0.2, 0.25) is 0 Å². The minimum atomic E-state index is -0.167. The fourth-order valence-corrected chi connectivity index (χ4v) is 2.33. The molecule has 2 rings (SSSR count). The molecular weight excluding hydrogens is 256 g/mol. The molecule has 6 heteroatoms. The fraction of sp³-hybridized carbons (Fsp3) is 0.643. The standard InChI is InChI=1S/C14H22N4O2/c1-3-15-13-9-16-12(8-17-13)14(19)18-10(2)11-4-6-20-7-5-11/h8-11H,3-7H2,1-2H3,(H,15,17)(H,18,19). The Labute approximate surface area is 119 Å². The van der Waals surface area contributed by atoms with Gasteiger partial charge >= 0.3 is 0 Å². The fourth-order valence-electron chi connectivity index (χ4n) is 2.33. The number of carbonyl (C=O) groups is 1. The molecule has 0 spiro atoms. The van der Waals surface area contributed by atoms with Gasteiger partial charge in [0.2, 0.25) is 0 Å². The SMILES string of the molecule is CCNc1cnc(C(=O)NC(C)C2CCOCC2)cn1. The van der Waals surface area contributed by atoms with Crippen LogP contribution < -0.4 is 10.6 Å². The molecule has 0 radical (unpaired) electrons. The second-order valence-corrected chi connectivity index (χ2v) is 5.03. The van der Waals surface area contributed by atoms with Gasteiger partial charge in [0.25, 0.3) is 5.91 Å². The molecule has 1 aliphatic rings. The Balaban J connectivity index is 1.89. The predicted octanol–water partition coefficient (Wildman–Crippen LogP) is 1.45. The molecule has 20 heavy (non-hydrogen) atoms. The molecule has 0 aliphatic carbocycles. The summed E-state index contributed by atoms with van der Waals surface area (Å²) in [6.07, 6.45) is 5.07. The largest absolute Gasteiger partial charge is 0.381 e. The lowest BCUT2D eigenvalue weighted by molar-refractivity contribution is 0.0537. The quantitative estimate of drug-likeness (QED) is 0.852. The molecule has 1 aliphatic heterocycles. The zero-order valence-corrected chi connectivity index (χ0v) is 12.1. The summed E-state index contributed by atoms with van der Waals surface area (Å²) in [5.41, 5.74) is 0.352. The molecule has 110 valence electrons. The van der Waals surface area contributed by atoms with E-state index in [9.17, 15) is 4.79 Å². The van der Waals surface area contributed by atoms with Crippen molar-refractivity contribution in [2.45, 2.75) is 32.7 Å². The van der Waals surface area contributed by atoms with Gasteiger partial charge in [0, 0.05) is 25.8 Å². The third-order valence-electron chi connectivity index (χ3n) is 3.57. The maximum Gasteiger partial charge on any atom is 0.271 e. The van der Waals surface area contributed by atoms with Crippen LogP contribution in [0.3, 0.4) is 0 Å². The Morgan fingerprint density at radius 2 is 2.15 bits per heavy atom. The molecule has 1 amide bonds. The number of ether oxygens (including phenoxy) is 1. The highest BCUT2D eigenvalue weighted by Crippen LogP contribution is 2.18. The van der Waals surface area contributed by atoms with Gasteiger partial charge in [-0.15, -0.1) is 0 Å². The van der Waals surface area contributed by atoms with E-state index in [1.165, 1.54) is 6.20 Å². The van der Waals surface area contributed by atoms with Crippen molar-refractivity contribution in [3.8, 4) is 0 Å². The minimum absolute atomic E-state index is 0.127. The number of nitrogens with one attached hydrogen (secondary N) is 2. The zero-order chi connectivity index (χ0) is 14.4. The summed E-state index contributed by atoms with van der Waals surface area (Å²) in [7, 11) is 0. The normalized spacial score (nSPS) is 17.5. The van der Waals surface area contributed by atoms with Crippen LogP contribution in [0, 0.1) is 5.92 Å². The van der Waals surface area contributed by atoms with Crippen molar-refractivity contribution in [2.75, 3.05) is 25.1 Å². The van der Waals surface area contributed by atoms with Gasteiger partial charge < -0.3 is 15.4 Å². The van der Waals surface area contributed by atoms with E-state index in [1.54, 1.807) is 6.20 Å². The van der Waals surface area contributed by atoms with Gasteiger partial charge in [-0.1, -0.05) is 0 Å². The van der Waals surface area contributed by atoms with Crippen molar-refractivity contribution >= 4 is 11.7 Å². The molecule has 1 unspecified atom stereocenters. The Morgan fingerprint density at radius 3 is 2.75 bits per heavy atom. The first-order valence-electron chi connectivity index (χ1n) is 7.15. The zero-order valence-electron chi connectivity index (χ0n) is 12.1. The number of aromatic nitrogens is 2. The van der Waals surface area contributed by atoms with Crippen LogP contribution in [-0.4, -0.2) is 41.7 Å². The van der Waals surface area contributed by atoms with Crippen LogP contribution >= 0.6 is 0 Å². The van der Waals surface area contributed by atoms with E-state index in [-0.39, 0.29) is 11.9 Å². The van der Waals surface area contributed by atoms with Crippen LogP contribution in [0.5, 0.6) is 0 Å². The van der Waals surface area contributed by atoms with E-state index in [2.05, 4.69) is 20.6 Å². The second-order valence-electron chi connectivity index (χ2n) is 5.03. The van der Waals surface area contributed by atoms with E-state index < -0.39 is 0 Å². The molecule has 0 saturated carbocycles. The molecule has 1 aromatic heterocycles. The van der Waals surface area contributed by atoms with Gasteiger partial charge in [0.15, 0.2) is 0 Å². The summed E-state index contributed by atoms with van der Waals surface area (Å²) >= 11 is 0. The maximum atomic E-state index is 12.1. The molecule has 1 fully saturated rings. The monoisotopic (exact) mass is 278 g/mol. The van der Waals surface area contributed by atoms with Crippen molar-refractivity contribution in [2.24, 2.45) is 5.92 Å². The summed E-state index contributed by atoms with van der Waals surface area (Å²) in [6, 6.07) is 0.127. The molecule has 1 atom stereocenters. The molecular formula is C14H22N4O2. The molecule has 6 nitrogen and oxygen atoms in total. The van der Waals surface area contributed by atoms with Gasteiger partial charge in [0.1, 0.15) is 11.5 Å². The Bertz CT molecular complexity index is 429. The van der Waals surface area contributed by atoms with Crippen LogP contribution in [0.1, 0.15) is 37.2 Å². The van der Waals surface area contributed by atoms with Crippen LogP contribution in [-0.2, 0) is 4.74 Å². The van der Waals surface area contributed by atoms with E-state index in [1.807, 2.05) is 13.8 Å². The van der Waals surface area contributed by atoms with Crippen LogP contribution in [0.15, 0.2) is 12.4 Å². The number of rotatable bonds is 5. The first-order valence-corrected chi connectivity index (χ1v) is 7.15. The summed E-state index contributed by atoms with van der Waals surface area (Å²) in [5.74, 6) is 0.989. The number of amides is 1. The van der Waals surface area contributed by atoms with E-state index in [4.69, 9.17) is 4.74 Å². The minimum Gasteiger partial charge on any atom is -0.381 e. The first-order chi connectivity index (χ1) is 9.70. The Hall–Kier alpha value is -1.69. The van der Waals surface area contributed by atoms with Crippen molar-refractivity contribution in [3.05, 3.63) is 18.1 Å². The van der Waals surface area contributed by atoms with E-state index in [0.29, 0.717) is 17.4 Å². The third-order valence-corrected chi connectivity index (χ3v) is 3.57. The van der Waals surface area contributed by atoms with E-state index >= 15 is 0 Å². The van der Waals surface area contributed by atoms with Crippen molar-refractivity contribution in [1.29, 1.82) is 0 Å². The Morgan fingerprint density at radius 1 is 1.40 bits per heavy atom. The highest BCUT2D eigenvalue weighted by Gasteiger charge is 2.22. The molecule has 0 bridgehead atoms. The molecule has 2 heterocycles. The summed E-state index contributed by atoms with van der Waals surface area (Å²) in [4.78, 5) is 20.4. The van der Waals surface area contributed by atoms with Gasteiger partial charge in [-0.25, -0.2) is 9.97 Å². The smallest absolute Gasteiger partial charge is 0.271 e. The van der Waals surface area contributed by atoms with Gasteiger partial charge in [0.05, 0.1) is 12.4 Å². The van der Waals surface area contributed by atoms with E-state index in [0.717, 1.165) is 32.6 Å². The lowest BCUT2D eigenvalue weighted by Crippen LogP contribution is -2.40. The number of nitrogens with zero attached hydrogens (tertiary/aromatic N) is 2. The highest BCUT2D eigenvalue weighted by atomic mass is 16.5. The highest BCUT2D eigenvalue weighted by molar-refractivity contribution is 5.92. The number of anilines is 1. The Kier molecular flexibility index (Phi) is 5.29. The van der Waals surface area contributed by atoms with Gasteiger partial charge in [-0.3, -0.25) is 4.79 Å². The predicted molar refractivity (Wildman–Crippen MR) is 76.7 cm³/mol. The summed E-state index contributed by atoms with van der Waals surface area (Å²) < 4.78 is 5.33. The molecule has 1 aromatic rings. The number of hydrogen-bond acceptors (Lipinski definition) is 5. The molecule has 1 saturated heterocycles. The number of hydrogen-bond donors (Lipinski definition) is 2. The van der Waals surface area contributed by atoms with Gasteiger partial charge in [-0.05, 0) is 32.6 Å². The van der Waals surface area contributed by atoms with Crippen LogP contribution in [0.25, 0.3) is 0 Å². The number of carbonyl (C=O) groups excluding carboxylic acids is 1. The third kappa shape index (κ3) is 3.90. The molecule has 0 aromatic carbocycles. The lowest BCUT2D eigenvalue weighted by atomic mass is 9.93. The molecule has 2 N–H and O–H groups in total. The average Bonchev–Trinajstić information content (AvgIpc) is 2.49. The average molecular weight is 278 g/mol.